The first-order valence-electron chi connectivity index (χ1n) is 9.84. The van der Waals surface area contributed by atoms with E-state index in [0.717, 1.165) is 36.1 Å². The fourth-order valence-electron chi connectivity index (χ4n) is 4.31. The third kappa shape index (κ3) is 3.72. The van der Waals surface area contributed by atoms with Gasteiger partial charge in [0.15, 0.2) is 0 Å². The quantitative estimate of drug-likeness (QED) is 0.862. The van der Waals surface area contributed by atoms with Crippen LogP contribution in [-0.4, -0.2) is 41.5 Å². The molecule has 2 aliphatic rings. The molecule has 4 rings (SSSR count). The van der Waals surface area contributed by atoms with Crippen LogP contribution in [0.25, 0.3) is 0 Å². The van der Waals surface area contributed by atoms with E-state index in [1.807, 2.05) is 29.2 Å². The number of nitrogens with one attached hydrogen (secondary N) is 2. The normalized spacial score (nSPS) is 19.3. The van der Waals surface area contributed by atoms with Crippen LogP contribution in [0.5, 0.6) is 0 Å². The van der Waals surface area contributed by atoms with Crippen LogP contribution in [0.3, 0.4) is 0 Å². The topological polar surface area (TPSA) is 74.3 Å². The molecule has 1 aromatic heterocycles. The largest absolute Gasteiger partial charge is 0.356 e. The molecule has 0 bridgehead atoms. The van der Waals surface area contributed by atoms with Gasteiger partial charge in [0.1, 0.15) is 0 Å². The molecule has 1 atom stereocenters. The monoisotopic (exact) mass is 378 g/mol. The molecule has 28 heavy (non-hydrogen) atoms. The lowest BCUT2D eigenvalue weighted by Gasteiger charge is -2.38. The Morgan fingerprint density at radius 3 is 2.54 bits per heavy atom. The lowest BCUT2D eigenvalue weighted by atomic mass is 9.78. The maximum atomic E-state index is 13.1. The van der Waals surface area contributed by atoms with Crippen LogP contribution < -0.4 is 10.6 Å². The number of carbonyl (C=O) groups excluding carboxylic acids is 2. The maximum Gasteiger partial charge on any atom is 0.318 e. The van der Waals surface area contributed by atoms with E-state index in [1.165, 1.54) is 0 Å². The second-order valence-electron chi connectivity index (χ2n) is 7.96. The third-order valence-electron chi connectivity index (χ3n) is 6.11. The lowest BCUT2D eigenvalue weighted by molar-refractivity contribution is -0.119. The summed E-state index contributed by atoms with van der Waals surface area (Å²) in [6, 6.07) is 11.7. The molecule has 2 aromatic rings. The van der Waals surface area contributed by atoms with Gasteiger partial charge in [-0.25, -0.2) is 4.79 Å². The molecule has 3 amide bonds. The summed E-state index contributed by atoms with van der Waals surface area (Å²) in [7, 11) is 0. The molecule has 2 saturated heterocycles. The number of nitrogens with zero attached hydrogens (tertiary/aromatic N) is 2. The van der Waals surface area contributed by atoms with Gasteiger partial charge in [0.2, 0.25) is 5.91 Å². The Kier molecular flexibility index (Phi) is 5.03. The van der Waals surface area contributed by atoms with E-state index >= 15 is 0 Å². The van der Waals surface area contributed by atoms with Gasteiger partial charge in [-0.2, -0.15) is 0 Å². The van der Waals surface area contributed by atoms with E-state index < -0.39 is 0 Å². The molecular formula is C22H26N4O2. The summed E-state index contributed by atoms with van der Waals surface area (Å²) >= 11 is 0. The van der Waals surface area contributed by atoms with Gasteiger partial charge in [0, 0.05) is 38.4 Å². The summed E-state index contributed by atoms with van der Waals surface area (Å²) in [6.07, 6.45) is 5.82. The number of hydrogen-bond donors (Lipinski definition) is 2. The standard InChI is InChI=1S/C22H26N4O2/c1-16-4-2-3-5-18(16)20(17-6-10-23-11-7-17)25-21(28)26-12-8-22(9-13-26)14-19(27)24-15-22/h2-7,10-11,20H,8-9,12-15H2,1H3,(H,24,27)(H,25,28). The minimum Gasteiger partial charge on any atom is -0.356 e. The van der Waals surface area contributed by atoms with Crippen molar-refractivity contribution in [1.29, 1.82) is 0 Å². The van der Waals surface area contributed by atoms with Crippen LogP contribution in [0.2, 0.25) is 0 Å². The zero-order valence-corrected chi connectivity index (χ0v) is 16.1. The molecule has 0 aliphatic carbocycles. The van der Waals surface area contributed by atoms with Crippen molar-refractivity contribution in [2.75, 3.05) is 19.6 Å². The molecule has 2 fully saturated rings. The zero-order chi connectivity index (χ0) is 19.6. The summed E-state index contributed by atoms with van der Waals surface area (Å²) in [5, 5.41) is 6.17. The van der Waals surface area contributed by atoms with Crippen molar-refractivity contribution in [3.8, 4) is 0 Å². The molecule has 6 heteroatoms. The highest BCUT2D eigenvalue weighted by molar-refractivity contribution is 5.79. The first kappa shape index (κ1) is 18.5. The number of piperidine rings is 1. The molecule has 1 unspecified atom stereocenters. The van der Waals surface area contributed by atoms with E-state index in [4.69, 9.17) is 0 Å². The van der Waals surface area contributed by atoms with Crippen LogP contribution in [0, 0.1) is 12.3 Å². The number of hydrogen-bond acceptors (Lipinski definition) is 3. The molecule has 1 spiro atoms. The van der Waals surface area contributed by atoms with Crippen molar-refractivity contribution in [3.63, 3.8) is 0 Å². The molecule has 3 heterocycles. The average Bonchev–Trinajstić information content (AvgIpc) is 3.08. The molecule has 2 aliphatic heterocycles. The number of pyridine rings is 1. The van der Waals surface area contributed by atoms with E-state index in [1.54, 1.807) is 12.4 Å². The van der Waals surface area contributed by atoms with Gasteiger partial charge in [0.05, 0.1) is 6.04 Å². The van der Waals surface area contributed by atoms with E-state index in [-0.39, 0.29) is 23.4 Å². The molecule has 6 nitrogen and oxygen atoms in total. The summed E-state index contributed by atoms with van der Waals surface area (Å²) in [5.74, 6) is 0.134. The van der Waals surface area contributed by atoms with Crippen molar-refractivity contribution in [2.45, 2.75) is 32.2 Å². The van der Waals surface area contributed by atoms with Crippen molar-refractivity contribution in [2.24, 2.45) is 5.41 Å². The Bertz CT molecular complexity index is 860. The van der Waals surface area contributed by atoms with Gasteiger partial charge < -0.3 is 15.5 Å². The number of rotatable bonds is 3. The number of amides is 3. The van der Waals surface area contributed by atoms with Crippen LogP contribution in [-0.2, 0) is 4.79 Å². The van der Waals surface area contributed by atoms with Crippen molar-refractivity contribution in [3.05, 3.63) is 65.5 Å². The highest BCUT2D eigenvalue weighted by Crippen LogP contribution is 2.37. The number of likely N-dealkylation sites (tertiary alicyclic amines) is 1. The van der Waals surface area contributed by atoms with Gasteiger partial charge in [-0.3, -0.25) is 9.78 Å². The summed E-state index contributed by atoms with van der Waals surface area (Å²) < 4.78 is 0. The number of carbonyl (C=O) groups is 2. The number of aromatic nitrogens is 1. The number of urea groups is 1. The Balaban J connectivity index is 1.49. The number of aryl methyl sites for hydroxylation is 1. The molecule has 2 N–H and O–H groups in total. The fourth-order valence-corrected chi connectivity index (χ4v) is 4.31. The van der Waals surface area contributed by atoms with Crippen LogP contribution in [0.15, 0.2) is 48.8 Å². The molecule has 0 radical (unpaired) electrons. The summed E-state index contributed by atoms with van der Waals surface area (Å²) in [6.45, 7) is 4.16. The third-order valence-corrected chi connectivity index (χ3v) is 6.11. The summed E-state index contributed by atoms with van der Waals surface area (Å²) in [4.78, 5) is 30.6. The van der Waals surface area contributed by atoms with Crippen LogP contribution in [0.4, 0.5) is 4.79 Å². The molecule has 146 valence electrons. The van der Waals surface area contributed by atoms with E-state index in [0.29, 0.717) is 19.5 Å². The van der Waals surface area contributed by atoms with Gasteiger partial charge in [-0.05, 0) is 54.0 Å². The SMILES string of the molecule is Cc1ccccc1C(NC(=O)N1CCC2(CC1)CNC(=O)C2)c1ccncc1. The van der Waals surface area contributed by atoms with E-state index in [2.05, 4.69) is 34.7 Å². The minimum absolute atomic E-state index is 0.0361. The fraction of sp³-hybridized carbons (Fsp3) is 0.409. The van der Waals surface area contributed by atoms with Crippen molar-refractivity contribution >= 4 is 11.9 Å². The first-order valence-corrected chi connectivity index (χ1v) is 9.84. The number of benzene rings is 1. The predicted octanol–water partition coefficient (Wildman–Crippen LogP) is 2.79. The van der Waals surface area contributed by atoms with E-state index in [9.17, 15) is 9.59 Å². The van der Waals surface area contributed by atoms with Crippen LogP contribution in [0.1, 0.15) is 42.0 Å². The van der Waals surface area contributed by atoms with Gasteiger partial charge >= 0.3 is 6.03 Å². The Labute approximate surface area is 165 Å². The van der Waals surface area contributed by atoms with Gasteiger partial charge in [-0.1, -0.05) is 24.3 Å². The predicted molar refractivity (Wildman–Crippen MR) is 107 cm³/mol. The first-order chi connectivity index (χ1) is 13.6. The van der Waals surface area contributed by atoms with Gasteiger partial charge in [-0.15, -0.1) is 0 Å². The van der Waals surface area contributed by atoms with Crippen molar-refractivity contribution < 1.29 is 9.59 Å². The Morgan fingerprint density at radius 1 is 1.18 bits per heavy atom. The smallest absolute Gasteiger partial charge is 0.318 e. The molecular weight excluding hydrogens is 352 g/mol. The highest BCUT2D eigenvalue weighted by Gasteiger charge is 2.41. The Hall–Kier alpha value is -2.89. The lowest BCUT2D eigenvalue weighted by Crippen LogP contribution is -2.48. The van der Waals surface area contributed by atoms with Crippen LogP contribution >= 0.6 is 0 Å². The second kappa shape index (κ2) is 7.62. The highest BCUT2D eigenvalue weighted by atomic mass is 16.2. The second-order valence-corrected chi connectivity index (χ2v) is 7.96. The van der Waals surface area contributed by atoms with Gasteiger partial charge in [0.25, 0.3) is 0 Å². The average molecular weight is 378 g/mol. The minimum atomic E-state index is -0.220. The van der Waals surface area contributed by atoms with Crippen molar-refractivity contribution in [1.82, 2.24) is 20.5 Å². The molecule has 1 aromatic carbocycles. The zero-order valence-electron chi connectivity index (χ0n) is 16.1. The summed E-state index contributed by atoms with van der Waals surface area (Å²) in [5.41, 5.74) is 3.27. The Morgan fingerprint density at radius 2 is 1.89 bits per heavy atom. The maximum absolute atomic E-state index is 13.1. The molecule has 0 saturated carbocycles.